The molecule has 156 valence electrons. The van der Waals surface area contributed by atoms with Crippen LogP contribution in [0.25, 0.3) is 0 Å². The number of nitrogens with zero attached hydrogens (tertiary/aromatic N) is 5. The Morgan fingerprint density at radius 3 is 2.68 bits per heavy atom. The van der Waals surface area contributed by atoms with E-state index in [-0.39, 0.29) is 18.1 Å². The van der Waals surface area contributed by atoms with E-state index >= 15 is 0 Å². The van der Waals surface area contributed by atoms with Crippen LogP contribution < -0.4 is 0 Å². The minimum atomic E-state index is 0.142. The van der Waals surface area contributed by atoms with E-state index in [1.54, 1.807) is 7.11 Å². The minimum Gasteiger partial charge on any atom is -0.378 e. The molecular formula is C20H33N5O3. The van der Waals surface area contributed by atoms with Crippen molar-refractivity contribution in [3.05, 3.63) is 11.9 Å². The molecule has 1 aromatic rings. The second kappa shape index (κ2) is 8.47. The van der Waals surface area contributed by atoms with Crippen LogP contribution >= 0.6 is 0 Å². The Morgan fingerprint density at radius 1 is 1.25 bits per heavy atom. The third-order valence-corrected chi connectivity index (χ3v) is 6.32. The molecule has 4 rings (SSSR count). The second-order valence-electron chi connectivity index (χ2n) is 9.03. The Hall–Kier alpha value is -1.51. The first kappa shape index (κ1) is 19.8. The van der Waals surface area contributed by atoms with Crippen LogP contribution in [0.4, 0.5) is 0 Å². The molecule has 3 fully saturated rings. The van der Waals surface area contributed by atoms with Gasteiger partial charge in [-0.3, -0.25) is 4.79 Å². The first-order valence-corrected chi connectivity index (χ1v) is 10.5. The fourth-order valence-electron chi connectivity index (χ4n) is 4.66. The zero-order valence-corrected chi connectivity index (χ0v) is 17.3. The summed E-state index contributed by atoms with van der Waals surface area (Å²) in [6, 6.07) is 0.182. The van der Waals surface area contributed by atoms with Crippen molar-refractivity contribution in [1.82, 2.24) is 24.8 Å². The van der Waals surface area contributed by atoms with Gasteiger partial charge in [0.2, 0.25) is 5.91 Å². The van der Waals surface area contributed by atoms with Gasteiger partial charge in [0.15, 0.2) is 0 Å². The molecule has 4 atom stereocenters. The van der Waals surface area contributed by atoms with Crippen molar-refractivity contribution in [2.24, 2.45) is 17.8 Å². The number of amides is 1. The lowest BCUT2D eigenvalue weighted by atomic mass is 9.77. The molecule has 2 heterocycles. The van der Waals surface area contributed by atoms with Gasteiger partial charge in [0.05, 0.1) is 31.5 Å². The quantitative estimate of drug-likeness (QED) is 0.663. The van der Waals surface area contributed by atoms with Crippen molar-refractivity contribution in [2.75, 3.05) is 47.4 Å². The normalized spacial score (nSPS) is 30.1. The minimum absolute atomic E-state index is 0.142. The van der Waals surface area contributed by atoms with Crippen molar-refractivity contribution >= 4 is 5.91 Å². The number of likely N-dealkylation sites (N-methyl/N-ethyl adjacent to an activating group) is 1. The monoisotopic (exact) mass is 391 g/mol. The highest BCUT2D eigenvalue weighted by atomic mass is 16.5. The number of carbonyl (C=O) groups is 1. The van der Waals surface area contributed by atoms with Gasteiger partial charge in [-0.25, -0.2) is 4.68 Å². The van der Waals surface area contributed by atoms with Crippen molar-refractivity contribution < 1.29 is 14.3 Å². The summed E-state index contributed by atoms with van der Waals surface area (Å²) in [5.74, 6) is 2.00. The number of methoxy groups -OCH3 is 1. The highest BCUT2D eigenvalue weighted by Crippen LogP contribution is 2.43. The summed E-state index contributed by atoms with van der Waals surface area (Å²) in [5.41, 5.74) is 0.847. The molecule has 28 heavy (non-hydrogen) atoms. The lowest BCUT2D eigenvalue weighted by Crippen LogP contribution is -2.38. The molecule has 0 aromatic carbocycles. The molecule has 0 N–H and O–H groups in total. The van der Waals surface area contributed by atoms with Gasteiger partial charge in [-0.15, -0.1) is 5.10 Å². The number of fused-ring (bicyclic) bond motifs is 1. The lowest BCUT2D eigenvalue weighted by Gasteiger charge is -2.37. The van der Waals surface area contributed by atoms with Gasteiger partial charge in [0.1, 0.15) is 5.69 Å². The number of hydrogen-bond donors (Lipinski definition) is 0. The van der Waals surface area contributed by atoms with Crippen LogP contribution in [0.1, 0.15) is 37.4 Å². The number of hydrogen-bond acceptors (Lipinski definition) is 6. The third-order valence-electron chi connectivity index (χ3n) is 6.32. The zero-order valence-electron chi connectivity index (χ0n) is 17.3. The lowest BCUT2D eigenvalue weighted by molar-refractivity contribution is -0.131. The molecule has 0 bridgehead atoms. The van der Waals surface area contributed by atoms with Crippen molar-refractivity contribution in [3.8, 4) is 0 Å². The van der Waals surface area contributed by atoms with Gasteiger partial charge < -0.3 is 19.3 Å². The highest BCUT2D eigenvalue weighted by Gasteiger charge is 2.45. The smallest absolute Gasteiger partial charge is 0.236 e. The summed E-state index contributed by atoms with van der Waals surface area (Å²) in [4.78, 5) is 16.5. The van der Waals surface area contributed by atoms with Crippen molar-refractivity contribution in [2.45, 2.75) is 44.4 Å². The van der Waals surface area contributed by atoms with Crippen LogP contribution in [-0.4, -0.2) is 84.3 Å². The van der Waals surface area contributed by atoms with E-state index in [0.29, 0.717) is 25.0 Å². The SMILES string of the molecule is COCc1cn([C@@H]2C[C@@H]3CN(C(=O)CN(C)C)C[C@@H]3C[C@H]2OCC2CC2)nn1. The van der Waals surface area contributed by atoms with Crippen LogP contribution in [0.3, 0.4) is 0 Å². The summed E-state index contributed by atoms with van der Waals surface area (Å²) < 4.78 is 13.5. The summed E-state index contributed by atoms with van der Waals surface area (Å²) in [7, 11) is 5.56. The maximum Gasteiger partial charge on any atom is 0.236 e. The van der Waals surface area contributed by atoms with Crippen LogP contribution in [0.15, 0.2) is 6.20 Å². The van der Waals surface area contributed by atoms with E-state index < -0.39 is 0 Å². The molecule has 1 amide bonds. The first-order chi connectivity index (χ1) is 13.5. The molecule has 1 saturated heterocycles. The Balaban J connectivity index is 1.45. The Kier molecular flexibility index (Phi) is 5.99. The van der Waals surface area contributed by atoms with E-state index in [2.05, 4.69) is 10.3 Å². The van der Waals surface area contributed by atoms with E-state index in [4.69, 9.17) is 9.47 Å². The van der Waals surface area contributed by atoms with Crippen molar-refractivity contribution in [3.63, 3.8) is 0 Å². The largest absolute Gasteiger partial charge is 0.378 e. The topological polar surface area (TPSA) is 72.7 Å². The summed E-state index contributed by atoms with van der Waals surface area (Å²) in [6.07, 6.45) is 6.69. The molecule has 8 heteroatoms. The maximum atomic E-state index is 12.5. The number of ether oxygens (including phenoxy) is 2. The summed E-state index contributed by atoms with van der Waals surface area (Å²) in [6.45, 7) is 3.51. The predicted molar refractivity (Wildman–Crippen MR) is 104 cm³/mol. The second-order valence-corrected chi connectivity index (χ2v) is 9.03. The van der Waals surface area contributed by atoms with Crippen molar-refractivity contribution in [1.29, 1.82) is 0 Å². The van der Waals surface area contributed by atoms with Gasteiger partial charge in [0.25, 0.3) is 0 Å². The molecule has 3 aliphatic rings. The molecule has 2 aliphatic carbocycles. The zero-order chi connectivity index (χ0) is 19.7. The fourth-order valence-corrected chi connectivity index (χ4v) is 4.66. The fraction of sp³-hybridized carbons (Fsp3) is 0.850. The van der Waals surface area contributed by atoms with Gasteiger partial charge >= 0.3 is 0 Å². The molecule has 2 saturated carbocycles. The Bertz CT molecular complexity index is 675. The number of likely N-dealkylation sites (tertiary alicyclic amines) is 1. The molecule has 0 radical (unpaired) electrons. The standard InChI is InChI=1S/C20H33N5O3/c1-23(2)11-20(26)24-8-15-6-18(25-10-17(13-27-3)21-22-25)19(7-16(15)9-24)28-12-14-4-5-14/h10,14-16,18-19H,4-9,11-13H2,1-3H3/t15-,16+,18-,19-/m1/s1. The van der Waals surface area contributed by atoms with Crippen LogP contribution in [-0.2, 0) is 20.9 Å². The molecule has 8 nitrogen and oxygen atoms in total. The molecule has 1 aromatic heterocycles. The molecule has 1 aliphatic heterocycles. The average molecular weight is 392 g/mol. The number of carbonyl (C=O) groups excluding carboxylic acids is 1. The van der Waals surface area contributed by atoms with E-state index in [1.165, 1.54) is 12.8 Å². The molecule has 0 unspecified atom stereocenters. The van der Waals surface area contributed by atoms with E-state index in [0.717, 1.165) is 44.1 Å². The van der Waals surface area contributed by atoms with Crippen LogP contribution in [0.2, 0.25) is 0 Å². The molecule has 0 spiro atoms. The third kappa shape index (κ3) is 4.55. The van der Waals surface area contributed by atoms with Crippen LogP contribution in [0.5, 0.6) is 0 Å². The van der Waals surface area contributed by atoms with Crippen LogP contribution in [0, 0.1) is 17.8 Å². The summed E-state index contributed by atoms with van der Waals surface area (Å²) >= 11 is 0. The van der Waals surface area contributed by atoms with Gasteiger partial charge in [-0.05, 0) is 57.5 Å². The maximum absolute atomic E-state index is 12.5. The van der Waals surface area contributed by atoms with Gasteiger partial charge in [-0.2, -0.15) is 0 Å². The average Bonchev–Trinajstić information content (AvgIpc) is 3.20. The Labute approximate surface area is 167 Å². The number of aromatic nitrogens is 3. The van der Waals surface area contributed by atoms with E-state index in [9.17, 15) is 4.79 Å². The Morgan fingerprint density at radius 2 is 2.00 bits per heavy atom. The molecular weight excluding hydrogens is 358 g/mol. The summed E-state index contributed by atoms with van der Waals surface area (Å²) in [5, 5.41) is 8.63. The van der Waals surface area contributed by atoms with Gasteiger partial charge in [0, 0.05) is 26.8 Å². The number of rotatable bonds is 8. The van der Waals surface area contributed by atoms with E-state index in [1.807, 2.05) is 34.8 Å². The van der Waals surface area contributed by atoms with Gasteiger partial charge in [-0.1, -0.05) is 5.21 Å². The first-order valence-electron chi connectivity index (χ1n) is 10.5. The highest BCUT2D eigenvalue weighted by molar-refractivity contribution is 5.78. The predicted octanol–water partition coefficient (Wildman–Crippen LogP) is 1.19.